The van der Waals surface area contributed by atoms with Crippen LogP contribution in [0.4, 0.5) is 4.79 Å². The number of ether oxygens (including phenoxy) is 1. The molecule has 0 atom stereocenters. The van der Waals surface area contributed by atoms with Crippen LogP contribution in [0, 0.1) is 6.92 Å². The molecule has 1 aromatic rings. The van der Waals surface area contributed by atoms with Gasteiger partial charge in [-0.3, -0.25) is 9.69 Å². The highest BCUT2D eigenvalue weighted by atomic mass is 16.6. The molecule has 120 valence electrons. The van der Waals surface area contributed by atoms with Gasteiger partial charge in [-0.25, -0.2) is 4.79 Å². The average Bonchev–Trinajstić information content (AvgIpc) is 2.92. The summed E-state index contributed by atoms with van der Waals surface area (Å²) in [4.78, 5) is 25.2. The van der Waals surface area contributed by atoms with E-state index >= 15 is 0 Å². The lowest BCUT2D eigenvalue weighted by molar-refractivity contribution is -0.121. The van der Waals surface area contributed by atoms with Gasteiger partial charge in [0.15, 0.2) is 0 Å². The van der Waals surface area contributed by atoms with E-state index in [0.29, 0.717) is 26.1 Å². The van der Waals surface area contributed by atoms with E-state index in [-0.39, 0.29) is 12.0 Å². The molecule has 1 saturated heterocycles. The van der Waals surface area contributed by atoms with Crippen molar-refractivity contribution >= 4 is 12.0 Å². The van der Waals surface area contributed by atoms with Crippen molar-refractivity contribution in [3.05, 3.63) is 35.4 Å². The molecule has 2 rings (SSSR count). The second-order valence-electron chi connectivity index (χ2n) is 6.34. The minimum Gasteiger partial charge on any atom is -0.448 e. The molecule has 0 bridgehead atoms. The Morgan fingerprint density at radius 2 is 2.00 bits per heavy atom. The molecule has 0 unspecified atom stereocenters. The van der Waals surface area contributed by atoms with Gasteiger partial charge >= 0.3 is 6.09 Å². The number of hydrogen-bond donors (Lipinski definition) is 1. The zero-order valence-corrected chi connectivity index (χ0v) is 13.5. The van der Waals surface area contributed by atoms with Gasteiger partial charge in [-0.05, 0) is 32.8 Å². The third-order valence-electron chi connectivity index (χ3n) is 3.97. The molecule has 0 saturated carbocycles. The molecule has 1 aliphatic rings. The smallest absolute Gasteiger partial charge is 0.410 e. The number of cyclic esters (lactones) is 1. The van der Waals surface area contributed by atoms with Crippen molar-refractivity contribution in [2.45, 2.75) is 39.2 Å². The van der Waals surface area contributed by atoms with E-state index in [1.165, 1.54) is 5.56 Å². The molecule has 0 aromatic heterocycles. The molecule has 5 heteroatoms. The van der Waals surface area contributed by atoms with Crippen LogP contribution in [-0.2, 0) is 16.0 Å². The first kappa shape index (κ1) is 16.3. The molecule has 0 radical (unpaired) electrons. The molecule has 0 spiro atoms. The van der Waals surface area contributed by atoms with Crippen LogP contribution in [0.3, 0.4) is 0 Å². The summed E-state index contributed by atoms with van der Waals surface area (Å²) in [5.74, 6) is 0.00112. The van der Waals surface area contributed by atoms with Crippen LogP contribution in [0.1, 0.15) is 31.4 Å². The molecular weight excluding hydrogens is 280 g/mol. The van der Waals surface area contributed by atoms with E-state index in [1.807, 2.05) is 32.9 Å². The zero-order valence-electron chi connectivity index (χ0n) is 13.5. The van der Waals surface area contributed by atoms with E-state index in [4.69, 9.17) is 4.74 Å². The summed E-state index contributed by atoms with van der Waals surface area (Å²) >= 11 is 0. The van der Waals surface area contributed by atoms with Crippen LogP contribution in [0.15, 0.2) is 24.3 Å². The predicted molar refractivity (Wildman–Crippen MR) is 84.6 cm³/mol. The summed E-state index contributed by atoms with van der Waals surface area (Å²) in [6.07, 6.45) is 0.862. The summed E-state index contributed by atoms with van der Waals surface area (Å²) in [5, 5.41) is 2.91. The third kappa shape index (κ3) is 4.23. The SMILES string of the molecule is Cc1ccc(CCC(=O)NCC(C)(C)N2CCOC2=O)cc1. The van der Waals surface area contributed by atoms with Gasteiger partial charge in [-0.15, -0.1) is 0 Å². The minimum atomic E-state index is -0.437. The molecule has 1 fully saturated rings. The normalized spacial score (nSPS) is 14.9. The first-order valence-electron chi connectivity index (χ1n) is 7.65. The number of nitrogens with zero attached hydrogens (tertiary/aromatic N) is 1. The van der Waals surface area contributed by atoms with E-state index < -0.39 is 5.54 Å². The molecular formula is C17H24N2O3. The van der Waals surface area contributed by atoms with Gasteiger partial charge in [0.25, 0.3) is 0 Å². The Balaban J connectivity index is 1.77. The van der Waals surface area contributed by atoms with Crippen LogP contribution >= 0.6 is 0 Å². The van der Waals surface area contributed by atoms with Crippen molar-refractivity contribution < 1.29 is 14.3 Å². The maximum atomic E-state index is 12.0. The van der Waals surface area contributed by atoms with Crippen LogP contribution < -0.4 is 5.32 Å². The Morgan fingerprint density at radius 3 is 2.59 bits per heavy atom. The maximum absolute atomic E-state index is 12.0. The van der Waals surface area contributed by atoms with Gasteiger partial charge in [0.2, 0.25) is 5.91 Å². The Labute approximate surface area is 131 Å². The van der Waals surface area contributed by atoms with Gasteiger partial charge in [-0.2, -0.15) is 0 Å². The van der Waals surface area contributed by atoms with Crippen LogP contribution in [0.2, 0.25) is 0 Å². The van der Waals surface area contributed by atoms with Crippen molar-refractivity contribution in [3.63, 3.8) is 0 Å². The summed E-state index contributed by atoms with van der Waals surface area (Å²) in [6.45, 7) is 7.32. The number of rotatable bonds is 6. The van der Waals surface area contributed by atoms with Gasteiger partial charge < -0.3 is 10.1 Å². The van der Waals surface area contributed by atoms with E-state index in [1.54, 1.807) is 4.90 Å². The molecule has 5 nitrogen and oxygen atoms in total. The van der Waals surface area contributed by atoms with Gasteiger partial charge in [0, 0.05) is 13.0 Å². The fraction of sp³-hybridized carbons (Fsp3) is 0.529. The molecule has 1 aliphatic heterocycles. The Bertz CT molecular complexity index is 537. The summed E-state index contributed by atoms with van der Waals surface area (Å²) < 4.78 is 4.95. The molecule has 1 N–H and O–H groups in total. The number of aryl methyl sites for hydroxylation is 2. The molecule has 22 heavy (non-hydrogen) atoms. The second kappa shape index (κ2) is 6.81. The van der Waals surface area contributed by atoms with Crippen molar-refractivity contribution in [2.24, 2.45) is 0 Å². The monoisotopic (exact) mass is 304 g/mol. The lowest BCUT2D eigenvalue weighted by Gasteiger charge is -2.33. The summed E-state index contributed by atoms with van der Waals surface area (Å²) in [6, 6.07) is 8.20. The van der Waals surface area contributed by atoms with Gasteiger partial charge in [0.1, 0.15) is 6.61 Å². The molecule has 1 aromatic carbocycles. The van der Waals surface area contributed by atoms with Crippen molar-refractivity contribution in [1.82, 2.24) is 10.2 Å². The number of carbonyl (C=O) groups is 2. The third-order valence-corrected chi connectivity index (χ3v) is 3.97. The van der Waals surface area contributed by atoms with Crippen LogP contribution in [0.5, 0.6) is 0 Å². The number of carbonyl (C=O) groups excluding carboxylic acids is 2. The van der Waals surface area contributed by atoms with E-state index in [0.717, 1.165) is 12.0 Å². The molecule has 1 heterocycles. The highest BCUT2D eigenvalue weighted by Crippen LogP contribution is 2.18. The summed E-state index contributed by atoms with van der Waals surface area (Å²) in [5.41, 5.74) is 1.93. The Kier molecular flexibility index (Phi) is 5.06. The van der Waals surface area contributed by atoms with Crippen molar-refractivity contribution in [3.8, 4) is 0 Å². The highest BCUT2D eigenvalue weighted by molar-refractivity contribution is 5.76. The zero-order chi connectivity index (χ0) is 16.2. The Morgan fingerprint density at radius 1 is 1.32 bits per heavy atom. The van der Waals surface area contributed by atoms with Crippen molar-refractivity contribution in [1.29, 1.82) is 0 Å². The minimum absolute atomic E-state index is 0.00112. The first-order valence-corrected chi connectivity index (χ1v) is 7.65. The fourth-order valence-corrected chi connectivity index (χ4v) is 2.45. The lowest BCUT2D eigenvalue weighted by atomic mass is 10.0. The lowest BCUT2D eigenvalue weighted by Crippen LogP contribution is -2.52. The quantitative estimate of drug-likeness (QED) is 0.877. The fourth-order valence-electron chi connectivity index (χ4n) is 2.45. The maximum Gasteiger partial charge on any atom is 0.410 e. The molecule has 2 amide bonds. The second-order valence-corrected chi connectivity index (χ2v) is 6.34. The van der Waals surface area contributed by atoms with Crippen LogP contribution in [0.25, 0.3) is 0 Å². The highest BCUT2D eigenvalue weighted by Gasteiger charge is 2.35. The number of amides is 2. The average molecular weight is 304 g/mol. The topological polar surface area (TPSA) is 58.6 Å². The number of nitrogens with one attached hydrogen (secondary N) is 1. The summed E-state index contributed by atoms with van der Waals surface area (Å²) in [7, 11) is 0. The number of benzene rings is 1. The first-order chi connectivity index (χ1) is 10.4. The molecule has 0 aliphatic carbocycles. The van der Waals surface area contributed by atoms with Crippen LogP contribution in [-0.4, -0.2) is 42.1 Å². The van der Waals surface area contributed by atoms with E-state index in [2.05, 4.69) is 17.4 Å². The Hall–Kier alpha value is -2.04. The van der Waals surface area contributed by atoms with Gasteiger partial charge in [-0.1, -0.05) is 29.8 Å². The number of hydrogen-bond acceptors (Lipinski definition) is 3. The largest absolute Gasteiger partial charge is 0.448 e. The van der Waals surface area contributed by atoms with Gasteiger partial charge in [0.05, 0.1) is 12.1 Å². The van der Waals surface area contributed by atoms with Crippen molar-refractivity contribution in [2.75, 3.05) is 19.7 Å². The standard InChI is InChI=1S/C17H24N2O3/c1-13-4-6-14(7-5-13)8-9-15(20)18-12-17(2,3)19-10-11-22-16(19)21/h4-7H,8-12H2,1-3H3,(H,18,20). The predicted octanol–water partition coefficient (Wildman–Crippen LogP) is 2.27. The van der Waals surface area contributed by atoms with E-state index in [9.17, 15) is 9.59 Å².